The lowest BCUT2D eigenvalue weighted by atomic mass is 9.98. The van der Waals surface area contributed by atoms with Crippen molar-refractivity contribution >= 4 is 11.7 Å². The zero-order valence-corrected chi connectivity index (χ0v) is 13.6. The van der Waals surface area contributed by atoms with Gasteiger partial charge >= 0.3 is 0 Å². The number of nitrogens with one attached hydrogen (secondary N) is 1. The first kappa shape index (κ1) is 14.9. The largest absolute Gasteiger partial charge is 0.363 e. The molecule has 1 aromatic rings. The number of hydrogen-bond donors (Lipinski definition) is 1. The average Bonchev–Trinajstić information content (AvgIpc) is 3.31. The molecule has 3 aliphatic rings. The molecule has 1 amide bonds. The Hall–Kier alpha value is -1.69. The van der Waals surface area contributed by atoms with Gasteiger partial charge in [0.15, 0.2) is 5.82 Å². The maximum atomic E-state index is 12.2. The van der Waals surface area contributed by atoms with Gasteiger partial charge in [0, 0.05) is 13.1 Å². The summed E-state index contributed by atoms with van der Waals surface area (Å²) in [6.45, 7) is 3.68. The van der Waals surface area contributed by atoms with Crippen molar-refractivity contribution in [1.29, 1.82) is 0 Å². The van der Waals surface area contributed by atoms with Crippen LogP contribution in [-0.2, 0) is 9.53 Å². The third-order valence-electron chi connectivity index (χ3n) is 5.18. The number of carbonyl (C=O) groups excluding carboxylic acids is 1. The smallest absolute Gasteiger partial charge is 0.249 e. The SMILES string of the molecule is Cc1ccc(N2CC[C@@H]3O[C@H](C(=O)NCC4CC4)CC[C@@H]32)nn1. The van der Waals surface area contributed by atoms with E-state index in [4.69, 9.17) is 4.74 Å². The molecule has 1 aliphatic carbocycles. The van der Waals surface area contributed by atoms with Crippen LogP contribution < -0.4 is 10.2 Å². The van der Waals surface area contributed by atoms with Gasteiger partial charge in [0.1, 0.15) is 6.10 Å². The topological polar surface area (TPSA) is 67.3 Å². The van der Waals surface area contributed by atoms with Crippen LogP contribution in [0.25, 0.3) is 0 Å². The van der Waals surface area contributed by atoms with Crippen molar-refractivity contribution in [3.05, 3.63) is 17.8 Å². The highest BCUT2D eigenvalue weighted by Crippen LogP contribution is 2.34. The Morgan fingerprint density at radius 2 is 2.13 bits per heavy atom. The summed E-state index contributed by atoms with van der Waals surface area (Å²) in [6.07, 6.45) is 5.07. The summed E-state index contributed by atoms with van der Waals surface area (Å²) in [6, 6.07) is 4.34. The third kappa shape index (κ3) is 3.17. The minimum Gasteiger partial charge on any atom is -0.363 e. The van der Waals surface area contributed by atoms with Gasteiger partial charge in [-0.25, -0.2) is 0 Å². The first-order valence-corrected chi connectivity index (χ1v) is 8.71. The number of anilines is 1. The maximum absolute atomic E-state index is 12.2. The second-order valence-corrected chi connectivity index (χ2v) is 7.01. The molecule has 0 aromatic carbocycles. The zero-order valence-electron chi connectivity index (χ0n) is 13.6. The van der Waals surface area contributed by atoms with E-state index < -0.39 is 0 Å². The van der Waals surface area contributed by atoms with Gasteiger partial charge in [0.25, 0.3) is 0 Å². The van der Waals surface area contributed by atoms with E-state index in [-0.39, 0.29) is 18.1 Å². The van der Waals surface area contributed by atoms with Crippen LogP contribution in [0.3, 0.4) is 0 Å². The van der Waals surface area contributed by atoms with E-state index in [0.717, 1.165) is 43.9 Å². The van der Waals surface area contributed by atoms with Crippen LogP contribution >= 0.6 is 0 Å². The first-order chi connectivity index (χ1) is 11.2. The van der Waals surface area contributed by atoms with Gasteiger partial charge in [-0.15, -0.1) is 5.10 Å². The van der Waals surface area contributed by atoms with E-state index in [1.807, 2.05) is 19.1 Å². The van der Waals surface area contributed by atoms with E-state index in [2.05, 4.69) is 20.4 Å². The van der Waals surface area contributed by atoms with Crippen molar-refractivity contribution in [2.45, 2.75) is 57.3 Å². The quantitative estimate of drug-likeness (QED) is 0.910. The first-order valence-electron chi connectivity index (χ1n) is 8.71. The highest BCUT2D eigenvalue weighted by molar-refractivity contribution is 5.81. The molecule has 3 fully saturated rings. The fourth-order valence-corrected chi connectivity index (χ4v) is 3.63. The van der Waals surface area contributed by atoms with Crippen LogP contribution in [0.5, 0.6) is 0 Å². The molecule has 1 N–H and O–H groups in total. The highest BCUT2D eigenvalue weighted by atomic mass is 16.5. The summed E-state index contributed by atoms with van der Waals surface area (Å²) in [4.78, 5) is 14.5. The fraction of sp³-hybridized carbons (Fsp3) is 0.706. The number of rotatable bonds is 4. The van der Waals surface area contributed by atoms with Crippen LogP contribution in [-0.4, -0.2) is 47.4 Å². The number of fused-ring (bicyclic) bond motifs is 1. The zero-order chi connectivity index (χ0) is 15.8. The van der Waals surface area contributed by atoms with Crippen LogP contribution in [0.15, 0.2) is 12.1 Å². The van der Waals surface area contributed by atoms with Crippen molar-refractivity contribution in [1.82, 2.24) is 15.5 Å². The van der Waals surface area contributed by atoms with E-state index in [1.165, 1.54) is 12.8 Å². The number of carbonyl (C=O) groups is 1. The van der Waals surface area contributed by atoms with Crippen molar-refractivity contribution in [2.24, 2.45) is 5.92 Å². The molecule has 0 radical (unpaired) electrons. The summed E-state index contributed by atoms with van der Waals surface area (Å²) in [5, 5.41) is 11.5. The van der Waals surface area contributed by atoms with Gasteiger partial charge in [0.2, 0.25) is 5.91 Å². The van der Waals surface area contributed by atoms with Gasteiger partial charge in [0.05, 0.1) is 17.8 Å². The summed E-state index contributed by atoms with van der Waals surface area (Å²) < 4.78 is 6.10. The van der Waals surface area contributed by atoms with Crippen molar-refractivity contribution in [2.75, 3.05) is 18.0 Å². The second kappa shape index (κ2) is 6.07. The summed E-state index contributed by atoms with van der Waals surface area (Å²) in [7, 11) is 0. The molecule has 124 valence electrons. The lowest BCUT2D eigenvalue weighted by Gasteiger charge is -2.35. The maximum Gasteiger partial charge on any atom is 0.249 e. The van der Waals surface area contributed by atoms with Gasteiger partial charge < -0.3 is 15.0 Å². The lowest BCUT2D eigenvalue weighted by Crippen LogP contribution is -2.48. The van der Waals surface area contributed by atoms with Gasteiger partial charge in [-0.3, -0.25) is 4.79 Å². The minimum atomic E-state index is -0.279. The monoisotopic (exact) mass is 316 g/mol. The molecule has 2 aliphatic heterocycles. The van der Waals surface area contributed by atoms with Crippen molar-refractivity contribution in [3.63, 3.8) is 0 Å². The number of aryl methyl sites for hydroxylation is 1. The molecule has 2 saturated heterocycles. The Labute approximate surface area is 136 Å². The van der Waals surface area contributed by atoms with Crippen LogP contribution in [0, 0.1) is 12.8 Å². The van der Waals surface area contributed by atoms with E-state index in [0.29, 0.717) is 12.0 Å². The number of aromatic nitrogens is 2. The molecule has 6 heteroatoms. The molecule has 3 heterocycles. The fourth-order valence-electron chi connectivity index (χ4n) is 3.63. The molecular formula is C17H24N4O2. The molecule has 0 spiro atoms. The molecule has 1 aromatic heterocycles. The molecule has 4 rings (SSSR count). The molecule has 3 atom stereocenters. The molecule has 0 unspecified atom stereocenters. The predicted octanol–water partition coefficient (Wildman–Crippen LogP) is 1.44. The summed E-state index contributed by atoms with van der Waals surface area (Å²) in [5.74, 6) is 1.70. The second-order valence-electron chi connectivity index (χ2n) is 7.01. The number of nitrogens with zero attached hydrogens (tertiary/aromatic N) is 3. The molecule has 6 nitrogen and oxygen atoms in total. The van der Waals surface area contributed by atoms with Crippen LogP contribution in [0.4, 0.5) is 5.82 Å². The van der Waals surface area contributed by atoms with E-state index in [1.54, 1.807) is 0 Å². The van der Waals surface area contributed by atoms with Crippen LogP contribution in [0.1, 0.15) is 37.8 Å². The van der Waals surface area contributed by atoms with Crippen molar-refractivity contribution in [3.8, 4) is 0 Å². The molecular weight excluding hydrogens is 292 g/mol. The van der Waals surface area contributed by atoms with E-state index in [9.17, 15) is 4.79 Å². The number of ether oxygens (including phenoxy) is 1. The Bertz CT molecular complexity index is 572. The molecule has 23 heavy (non-hydrogen) atoms. The molecule has 1 saturated carbocycles. The average molecular weight is 316 g/mol. The van der Waals surface area contributed by atoms with Crippen LogP contribution in [0.2, 0.25) is 0 Å². The predicted molar refractivity (Wildman–Crippen MR) is 86.1 cm³/mol. The van der Waals surface area contributed by atoms with Gasteiger partial charge in [-0.2, -0.15) is 5.10 Å². The number of amides is 1. The lowest BCUT2D eigenvalue weighted by molar-refractivity contribution is -0.141. The molecule has 0 bridgehead atoms. The third-order valence-corrected chi connectivity index (χ3v) is 5.18. The number of hydrogen-bond acceptors (Lipinski definition) is 5. The highest BCUT2D eigenvalue weighted by Gasteiger charge is 2.42. The Morgan fingerprint density at radius 3 is 2.87 bits per heavy atom. The minimum absolute atomic E-state index is 0.0731. The standard InChI is InChI=1S/C17H24N4O2/c1-11-2-7-16(20-19-11)21-9-8-14-13(21)5-6-15(23-14)17(22)18-10-12-3-4-12/h2,7,12-15H,3-6,8-10H2,1H3,(H,18,22)/t13-,14-,15-/m0/s1. The Morgan fingerprint density at radius 1 is 1.26 bits per heavy atom. The Balaban J connectivity index is 1.36. The van der Waals surface area contributed by atoms with Gasteiger partial charge in [-0.1, -0.05) is 0 Å². The summed E-state index contributed by atoms with van der Waals surface area (Å²) >= 11 is 0. The Kier molecular flexibility index (Phi) is 3.93. The van der Waals surface area contributed by atoms with E-state index >= 15 is 0 Å². The normalized spacial score (nSPS) is 30.1. The van der Waals surface area contributed by atoms with Crippen molar-refractivity contribution < 1.29 is 9.53 Å². The van der Waals surface area contributed by atoms with Gasteiger partial charge in [-0.05, 0) is 57.1 Å². The summed E-state index contributed by atoms with van der Waals surface area (Å²) in [5.41, 5.74) is 0.928.